The highest BCUT2D eigenvalue weighted by Gasteiger charge is 2.17. The minimum atomic E-state index is 0.476. The van der Waals surface area contributed by atoms with Crippen LogP contribution in [0.4, 0.5) is 23.0 Å². The Morgan fingerprint density at radius 3 is 1.93 bits per heavy atom. The van der Waals surface area contributed by atoms with E-state index in [0.717, 1.165) is 5.69 Å². The quantitative estimate of drug-likeness (QED) is 0.407. The topological polar surface area (TPSA) is 67.1 Å². The predicted molar refractivity (Wildman–Crippen MR) is 124 cm³/mol. The second kappa shape index (κ2) is 9.29. The fraction of sp³-hybridized carbons (Fsp3) is 0.0833. The standard InChI is InChI=1S/C24H22ClN5/c25-20-13-7-8-14-21(20)29-23-22(26)24(28-17-27-23)30(15-18-9-3-1-4-10-18)16-19-11-5-2-6-12-19/h1-14,17H,15-16,26H2,(H,27,28,29). The van der Waals surface area contributed by atoms with E-state index < -0.39 is 0 Å². The summed E-state index contributed by atoms with van der Waals surface area (Å²) >= 11 is 6.29. The maximum absolute atomic E-state index is 6.52. The third kappa shape index (κ3) is 4.70. The SMILES string of the molecule is Nc1c(Nc2ccccc2Cl)ncnc1N(Cc1ccccc1)Cc1ccccc1. The van der Waals surface area contributed by atoms with E-state index in [9.17, 15) is 0 Å². The van der Waals surface area contributed by atoms with E-state index in [1.54, 1.807) is 0 Å². The molecular formula is C24H22ClN5. The molecule has 0 fully saturated rings. The van der Waals surface area contributed by atoms with Gasteiger partial charge in [-0.2, -0.15) is 0 Å². The summed E-state index contributed by atoms with van der Waals surface area (Å²) in [5.41, 5.74) is 10.1. The number of anilines is 4. The number of para-hydroxylation sites is 1. The fourth-order valence-corrected chi connectivity index (χ4v) is 3.42. The molecule has 0 atom stereocenters. The van der Waals surface area contributed by atoms with Crippen LogP contribution in [-0.2, 0) is 13.1 Å². The molecule has 3 N–H and O–H groups in total. The van der Waals surface area contributed by atoms with Gasteiger partial charge in [-0.05, 0) is 23.3 Å². The van der Waals surface area contributed by atoms with Crippen LogP contribution in [0.2, 0.25) is 5.02 Å². The van der Waals surface area contributed by atoms with E-state index in [2.05, 4.69) is 44.5 Å². The molecule has 4 aromatic rings. The van der Waals surface area contributed by atoms with Crippen molar-refractivity contribution in [2.75, 3.05) is 16.0 Å². The fourth-order valence-electron chi connectivity index (χ4n) is 3.24. The van der Waals surface area contributed by atoms with Gasteiger partial charge in [0.1, 0.15) is 12.0 Å². The molecular weight excluding hydrogens is 394 g/mol. The summed E-state index contributed by atoms with van der Waals surface area (Å²) in [6.07, 6.45) is 1.52. The molecule has 5 nitrogen and oxygen atoms in total. The molecule has 0 aliphatic rings. The Labute approximate surface area is 181 Å². The number of nitrogens with zero attached hydrogens (tertiary/aromatic N) is 3. The van der Waals surface area contributed by atoms with Crippen LogP contribution in [0.25, 0.3) is 0 Å². The maximum atomic E-state index is 6.52. The normalized spacial score (nSPS) is 10.6. The van der Waals surface area contributed by atoms with Crippen molar-refractivity contribution in [3.63, 3.8) is 0 Å². The van der Waals surface area contributed by atoms with E-state index in [4.69, 9.17) is 17.3 Å². The van der Waals surface area contributed by atoms with Gasteiger partial charge in [0.25, 0.3) is 0 Å². The lowest BCUT2D eigenvalue weighted by Crippen LogP contribution is -2.24. The molecule has 4 rings (SSSR count). The van der Waals surface area contributed by atoms with Crippen molar-refractivity contribution in [2.45, 2.75) is 13.1 Å². The van der Waals surface area contributed by atoms with Gasteiger partial charge in [-0.1, -0.05) is 84.4 Å². The Bertz CT molecular complexity index is 1060. The van der Waals surface area contributed by atoms with Gasteiger partial charge in [-0.3, -0.25) is 0 Å². The van der Waals surface area contributed by atoms with Crippen molar-refractivity contribution in [3.8, 4) is 0 Å². The first-order chi connectivity index (χ1) is 14.7. The molecule has 150 valence electrons. The number of nitrogens with one attached hydrogen (secondary N) is 1. The van der Waals surface area contributed by atoms with Crippen LogP contribution in [0.1, 0.15) is 11.1 Å². The number of nitrogens with two attached hydrogens (primary N) is 1. The average molecular weight is 416 g/mol. The number of aromatic nitrogens is 2. The van der Waals surface area contributed by atoms with E-state index in [0.29, 0.717) is 35.4 Å². The molecule has 0 bridgehead atoms. The van der Waals surface area contributed by atoms with Gasteiger partial charge >= 0.3 is 0 Å². The van der Waals surface area contributed by atoms with Crippen molar-refractivity contribution < 1.29 is 0 Å². The first kappa shape index (κ1) is 19.7. The van der Waals surface area contributed by atoms with Crippen molar-refractivity contribution in [1.29, 1.82) is 0 Å². The van der Waals surface area contributed by atoms with Gasteiger partial charge in [-0.15, -0.1) is 0 Å². The Morgan fingerprint density at radius 1 is 0.767 bits per heavy atom. The second-order valence-corrected chi connectivity index (χ2v) is 7.30. The van der Waals surface area contributed by atoms with Crippen molar-refractivity contribution >= 4 is 34.6 Å². The summed E-state index contributed by atoms with van der Waals surface area (Å²) in [4.78, 5) is 11.0. The summed E-state index contributed by atoms with van der Waals surface area (Å²) in [5, 5.41) is 3.83. The molecule has 0 spiro atoms. The lowest BCUT2D eigenvalue weighted by atomic mass is 10.1. The second-order valence-electron chi connectivity index (χ2n) is 6.89. The molecule has 0 aliphatic carbocycles. The molecule has 0 radical (unpaired) electrons. The van der Waals surface area contributed by atoms with Gasteiger partial charge in [0.15, 0.2) is 11.6 Å². The highest BCUT2D eigenvalue weighted by atomic mass is 35.5. The number of halogens is 1. The lowest BCUT2D eigenvalue weighted by Gasteiger charge is -2.26. The van der Waals surface area contributed by atoms with Crippen molar-refractivity contribution in [3.05, 3.63) is 107 Å². The minimum Gasteiger partial charge on any atom is -0.393 e. The molecule has 3 aromatic carbocycles. The van der Waals surface area contributed by atoms with Crippen LogP contribution in [0.5, 0.6) is 0 Å². The lowest BCUT2D eigenvalue weighted by molar-refractivity contribution is 0.782. The van der Waals surface area contributed by atoms with E-state index in [1.807, 2.05) is 60.7 Å². The maximum Gasteiger partial charge on any atom is 0.159 e. The number of benzene rings is 3. The first-order valence-electron chi connectivity index (χ1n) is 9.65. The molecule has 0 saturated heterocycles. The van der Waals surface area contributed by atoms with Crippen LogP contribution in [0.15, 0.2) is 91.3 Å². The van der Waals surface area contributed by atoms with Gasteiger partial charge < -0.3 is 16.0 Å². The average Bonchev–Trinajstić information content (AvgIpc) is 2.78. The smallest absolute Gasteiger partial charge is 0.159 e. The number of nitrogen functional groups attached to an aromatic ring is 1. The van der Waals surface area contributed by atoms with Gasteiger partial charge in [0.2, 0.25) is 0 Å². The molecule has 0 saturated carbocycles. The molecule has 1 aromatic heterocycles. The Balaban J connectivity index is 1.68. The largest absolute Gasteiger partial charge is 0.393 e. The molecule has 0 amide bonds. The molecule has 0 aliphatic heterocycles. The summed E-state index contributed by atoms with van der Waals surface area (Å²) in [6.45, 7) is 1.34. The summed E-state index contributed by atoms with van der Waals surface area (Å²) < 4.78 is 0. The van der Waals surface area contributed by atoms with E-state index in [-0.39, 0.29) is 0 Å². The van der Waals surface area contributed by atoms with Crippen LogP contribution in [0, 0.1) is 0 Å². The summed E-state index contributed by atoms with van der Waals surface area (Å²) in [6, 6.07) is 28.0. The third-order valence-electron chi connectivity index (χ3n) is 4.72. The predicted octanol–water partition coefficient (Wildman–Crippen LogP) is 5.66. The van der Waals surface area contributed by atoms with Crippen LogP contribution in [0.3, 0.4) is 0 Å². The Hall–Kier alpha value is -3.57. The van der Waals surface area contributed by atoms with Crippen LogP contribution < -0.4 is 16.0 Å². The molecule has 30 heavy (non-hydrogen) atoms. The van der Waals surface area contributed by atoms with Crippen molar-refractivity contribution in [2.24, 2.45) is 0 Å². The summed E-state index contributed by atoms with van der Waals surface area (Å²) in [7, 11) is 0. The first-order valence-corrected chi connectivity index (χ1v) is 10.0. The van der Waals surface area contributed by atoms with Gasteiger partial charge in [-0.25, -0.2) is 9.97 Å². The number of rotatable bonds is 7. The number of hydrogen-bond donors (Lipinski definition) is 2. The van der Waals surface area contributed by atoms with E-state index in [1.165, 1.54) is 17.5 Å². The zero-order valence-corrected chi connectivity index (χ0v) is 17.1. The highest BCUT2D eigenvalue weighted by molar-refractivity contribution is 6.33. The van der Waals surface area contributed by atoms with Gasteiger partial charge in [0, 0.05) is 13.1 Å². The summed E-state index contributed by atoms with van der Waals surface area (Å²) in [5.74, 6) is 1.20. The van der Waals surface area contributed by atoms with E-state index >= 15 is 0 Å². The van der Waals surface area contributed by atoms with Gasteiger partial charge in [0.05, 0.1) is 10.7 Å². The third-order valence-corrected chi connectivity index (χ3v) is 5.05. The Morgan fingerprint density at radius 2 is 1.33 bits per heavy atom. The monoisotopic (exact) mass is 415 g/mol. The van der Waals surface area contributed by atoms with Crippen LogP contribution >= 0.6 is 11.6 Å². The molecule has 0 unspecified atom stereocenters. The van der Waals surface area contributed by atoms with Crippen molar-refractivity contribution in [1.82, 2.24) is 9.97 Å². The zero-order valence-electron chi connectivity index (χ0n) is 16.4. The van der Waals surface area contributed by atoms with Crippen LogP contribution in [-0.4, -0.2) is 9.97 Å². The molecule has 6 heteroatoms. The zero-order chi connectivity index (χ0) is 20.8. The highest BCUT2D eigenvalue weighted by Crippen LogP contribution is 2.32. The Kier molecular flexibility index (Phi) is 6.11. The number of hydrogen-bond acceptors (Lipinski definition) is 5. The minimum absolute atomic E-state index is 0.476. The molecule has 1 heterocycles.